The van der Waals surface area contributed by atoms with E-state index in [1.807, 2.05) is 0 Å². The van der Waals surface area contributed by atoms with Crippen LogP contribution >= 0.6 is 0 Å². The van der Waals surface area contributed by atoms with Crippen molar-refractivity contribution in [2.75, 3.05) is 33.7 Å². The summed E-state index contributed by atoms with van der Waals surface area (Å²) in [6.07, 6.45) is 13.5. The molecule has 0 aliphatic heterocycles. The molecule has 0 aromatic rings. The maximum absolute atomic E-state index is 3.86. The van der Waals surface area contributed by atoms with Crippen LogP contribution in [0.3, 0.4) is 0 Å². The Morgan fingerprint density at radius 2 is 1.48 bits per heavy atom. The van der Waals surface area contributed by atoms with Crippen LogP contribution in [0.1, 0.15) is 71.6 Å². The summed E-state index contributed by atoms with van der Waals surface area (Å²) in [6.45, 7) is 8.58. The molecule has 23 heavy (non-hydrogen) atoms. The van der Waals surface area contributed by atoms with E-state index in [-0.39, 0.29) is 0 Å². The van der Waals surface area contributed by atoms with Crippen LogP contribution < -0.4 is 5.32 Å². The first-order valence-corrected chi connectivity index (χ1v) is 10.4. The molecule has 4 aliphatic carbocycles. The van der Waals surface area contributed by atoms with Crippen LogP contribution in [-0.4, -0.2) is 44.3 Å². The summed E-state index contributed by atoms with van der Waals surface area (Å²) in [5, 5.41) is 3.86. The molecule has 4 fully saturated rings. The lowest BCUT2D eigenvalue weighted by Gasteiger charge is -2.57. The molecule has 2 nitrogen and oxygen atoms in total. The molecule has 0 aromatic carbocycles. The summed E-state index contributed by atoms with van der Waals surface area (Å²) >= 11 is 0. The molecule has 4 bridgehead atoms. The van der Waals surface area contributed by atoms with Gasteiger partial charge in [0.05, 0.1) is 26.7 Å². The maximum atomic E-state index is 3.86. The van der Waals surface area contributed by atoms with Crippen LogP contribution in [0.15, 0.2) is 0 Å². The molecular weight excluding hydrogens is 280 g/mol. The van der Waals surface area contributed by atoms with E-state index in [4.69, 9.17) is 0 Å². The van der Waals surface area contributed by atoms with Crippen molar-refractivity contribution >= 4 is 0 Å². The van der Waals surface area contributed by atoms with Gasteiger partial charge in [-0.05, 0) is 101 Å². The third-order valence-corrected chi connectivity index (χ3v) is 7.65. The van der Waals surface area contributed by atoms with Crippen molar-refractivity contribution in [2.24, 2.45) is 23.2 Å². The lowest BCUT2D eigenvalue weighted by Crippen LogP contribution is -2.50. The zero-order valence-corrected chi connectivity index (χ0v) is 16.2. The van der Waals surface area contributed by atoms with Gasteiger partial charge in [0.15, 0.2) is 0 Å². The van der Waals surface area contributed by atoms with E-state index in [9.17, 15) is 0 Å². The number of hydrogen-bond donors (Lipinski definition) is 1. The Hall–Kier alpha value is -0.0800. The standard InChI is InChI=1S/C21H41N2/c1-17(2)23(3,4)9-7-5-6-8-22-16-21-13-18-10-19(14-21)12-20(11-18)15-21/h17-20,22H,5-16H2,1-4H3/q+1. The highest BCUT2D eigenvalue weighted by molar-refractivity contribution is 5.02. The topological polar surface area (TPSA) is 12.0 Å². The fourth-order valence-electron chi connectivity index (χ4n) is 6.06. The summed E-state index contributed by atoms with van der Waals surface area (Å²) < 4.78 is 1.17. The molecule has 0 aromatic heterocycles. The summed E-state index contributed by atoms with van der Waals surface area (Å²) in [5.74, 6) is 3.29. The number of hydrogen-bond acceptors (Lipinski definition) is 1. The van der Waals surface area contributed by atoms with Gasteiger partial charge in [-0.15, -0.1) is 0 Å². The van der Waals surface area contributed by atoms with Crippen molar-refractivity contribution in [3.8, 4) is 0 Å². The van der Waals surface area contributed by atoms with Gasteiger partial charge in [-0.25, -0.2) is 0 Å². The molecule has 0 atom stereocenters. The largest absolute Gasteiger partial charge is 0.327 e. The van der Waals surface area contributed by atoms with Gasteiger partial charge in [-0.1, -0.05) is 0 Å². The van der Waals surface area contributed by atoms with Crippen molar-refractivity contribution in [3.63, 3.8) is 0 Å². The highest BCUT2D eigenvalue weighted by Crippen LogP contribution is 2.59. The molecule has 4 rings (SSSR count). The Kier molecular flexibility index (Phi) is 5.43. The summed E-state index contributed by atoms with van der Waals surface area (Å²) in [5.41, 5.74) is 0.714. The van der Waals surface area contributed by atoms with Crippen LogP contribution in [0, 0.1) is 23.2 Å². The van der Waals surface area contributed by atoms with E-state index >= 15 is 0 Å². The Morgan fingerprint density at radius 3 is 2.00 bits per heavy atom. The van der Waals surface area contributed by atoms with Crippen molar-refractivity contribution in [1.82, 2.24) is 5.32 Å². The van der Waals surface area contributed by atoms with Gasteiger partial charge in [-0.3, -0.25) is 0 Å². The van der Waals surface area contributed by atoms with Gasteiger partial charge in [-0.2, -0.15) is 0 Å². The van der Waals surface area contributed by atoms with Crippen LogP contribution in [0.25, 0.3) is 0 Å². The number of rotatable bonds is 9. The second-order valence-corrected chi connectivity index (χ2v) is 10.3. The smallest absolute Gasteiger partial charge is 0.0829 e. The molecule has 0 heterocycles. The predicted octanol–water partition coefficient (Wildman–Crippen LogP) is 4.45. The van der Waals surface area contributed by atoms with Gasteiger partial charge in [0.25, 0.3) is 0 Å². The molecule has 0 radical (unpaired) electrons. The molecule has 0 spiro atoms. The highest BCUT2D eigenvalue weighted by Gasteiger charge is 2.50. The number of quaternary nitrogens is 1. The first-order chi connectivity index (χ1) is 10.9. The van der Waals surface area contributed by atoms with E-state index in [2.05, 4.69) is 33.3 Å². The first-order valence-electron chi connectivity index (χ1n) is 10.4. The quantitative estimate of drug-likeness (QED) is 0.489. The van der Waals surface area contributed by atoms with Gasteiger partial charge < -0.3 is 9.80 Å². The molecule has 0 saturated heterocycles. The third kappa shape index (κ3) is 4.31. The second-order valence-electron chi connectivity index (χ2n) is 10.3. The van der Waals surface area contributed by atoms with Gasteiger partial charge in [0.1, 0.15) is 0 Å². The number of nitrogens with zero attached hydrogens (tertiary/aromatic N) is 1. The average Bonchev–Trinajstić information content (AvgIpc) is 2.44. The molecular formula is C21H41N2+. The SMILES string of the molecule is CC(C)[N+](C)(C)CCCCCNCC12CC3CC(CC(C3)C1)C2. The fraction of sp³-hybridized carbons (Fsp3) is 1.00. The van der Waals surface area contributed by atoms with Crippen LogP contribution in [0.4, 0.5) is 0 Å². The first kappa shape index (κ1) is 17.7. The summed E-state index contributed by atoms with van der Waals surface area (Å²) in [7, 11) is 4.74. The lowest BCUT2D eigenvalue weighted by atomic mass is 9.49. The molecule has 2 heteroatoms. The minimum Gasteiger partial charge on any atom is -0.327 e. The minimum atomic E-state index is 0.714. The van der Waals surface area contributed by atoms with Crippen molar-refractivity contribution < 1.29 is 4.48 Å². The molecule has 4 saturated carbocycles. The van der Waals surface area contributed by atoms with Crippen molar-refractivity contribution in [3.05, 3.63) is 0 Å². The normalized spacial score (nSPS) is 36.1. The zero-order chi connectivity index (χ0) is 16.5. The molecule has 4 aliphatic rings. The van der Waals surface area contributed by atoms with Crippen LogP contribution in [0.2, 0.25) is 0 Å². The molecule has 0 unspecified atom stereocenters. The van der Waals surface area contributed by atoms with Gasteiger partial charge in [0, 0.05) is 6.54 Å². The molecule has 0 amide bonds. The van der Waals surface area contributed by atoms with Crippen molar-refractivity contribution in [1.29, 1.82) is 0 Å². The number of nitrogens with one attached hydrogen (secondary N) is 1. The fourth-order valence-corrected chi connectivity index (χ4v) is 6.06. The van der Waals surface area contributed by atoms with Crippen LogP contribution in [0.5, 0.6) is 0 Å². The molecule has 1 N–H and O–H groups in total. The Morgan fingerprint density at radius 1 is 0.913 bits per heavy atom. The monoisotopic (exact) mass is 321 g/mol. The second kappa shape index (κ2) is 7.04. The van der Waals surface area contributed by atoms with E-state index in [1.54, 1.807) is 38.5 Å². The Bertz CT molecular complexity index is 350. The zero-order valence-electron chi connectivity index (χ0n) is 16.2. The average molecular weight is 322 g/mol. The summed E-state index contributed by atoms with van der Waals surface area (Å²) in [6, 6.07) is 0.740. The lowest BCUT2D eigenvalue weighted by molar-refractivity contribution is -0.911. The maximum Gasteiger partial charge on any atom is 0.0829 e. The van der Waals surface area contributed by atoms with Crippen LogP contribution in [-0.2, 0) is 0 Å². The third-order valence-electron chi connectivity index (χ3n) is 7.65. The van der Waals surface area contributed by atoms with Crippen molar-refractivity contribution in [2.45, 2.75) is 77.7 Å². The van der Waals surface area contributed by atoms with E-state index in [0.717, 1.165) is 23.8 Å². The molecule has 134 valence electrons. The predicted molar refractivity (Wildman–Crippen MR) is 99.4 cm³/mol. The Balaban J connectivity index is 1.29. The Labute approximate surface area is 145 Å². The van der Waals surface area contributed by atoms with Gasteiger partial charge >= 0.3 is 0 Å². The highest BCUT2D eigenvalue weighted by atomic mass is 15.3. The van der Waals surface area contributed by atoms with Gasteiger partial charge in [0.2, 0.25) is 0 Å². The minimum absolute atomic E-state index is 0.714. The van der Waals surface area contributed by atoms with E-state index in [1.165, 1.54) is 43.4 Å². The van der Waals surface area contributed by atoms with E-state index < -0.39 is 0 Å². The van der Waals surface area contributed by atoms with E-state index in [0.29, 0.717) is 5.41 Å². The number of unbranched alkanes of at least 4 members (excludes halogenated alkanes) is 2. The summed E-state index contributed by atoms with van der Waals surface area (Å²) in [4.78, 5) is 0.